The van der Waals surface area contributed by atoms with E-state index in [1.54, 1.807) is 11.9 Å². The van der Waals surface area contributed by atoms with Gasteiger partial charge in [-0.15, -0.1) is 0 Å². The second-order valence-electron chi connectivity index (χ2n) is 6.89. The standard InChI is InChI=1S/C13H29NOSSi/c1-12(2,3)16-14-10-9-11-15-17(7,8)13(4,5)6/h10H,9,11H2,1-8H3/b14-10+. The van der Waals surface area contributed by atoms with Crippen LogP contribution in [0.5, 0.6) is 0 Å². The zero-order valence-electron chi connectivity index (χ0n) is 12.8. The van der Waals surface area contributed by atoms with Crippen molar-refractivity contribution in [2.45, 2.75) is 70.8 Å². The first-order chi connectivity index (χ1) is 7.46. The van der Waals surface area contributed by atoms with Gasteiger partial charge in [0.25, 0.3) is 0 Å². The van der Waals surface area contributed by atoms with Gasteiger partial charge in [-0.05, 0) is 50.9 Å². The number of nitrogens with zero attached hydrogens (tertiary/aromatic N) is 1. The predicted molar refractivity (Wildman–Crippen MR) is 83.6 cm³/mol. The second kappa shape index (κ2) is 6.39. The predicted octanol–water partition coefficient (Wildman–Crippen LogP) is 4.92. The molecule has 0 rings (SSSR count). The number of hydrogen-bond acceptors (Lipinski definition) is 3. The number of hydrogen-bond donors (Lipinski definition) is 0. The summed E-state index contributed by atoms with van der Waals surface area (Å²) < 4.78 is 10.6. The molecule has 0 radical (unpaired) electrons. The van der Waals surface area contributed by atoms with Gasteiger partial charge in [0.2, 0.25) is 0 Å². The first-order valence-corrected chi connectivity index (χ1v) is 9.98. The molecular weight excluding hydrogens is 246 g/mol. The average molecular weight is 276 g/mol. The van der Waals surface area contributed by atoms with E-state index in [9.17, 15) is 0 Å². The summed E-state index contributed by atoms with van der Waals surface area (Å²) in [7, 11) is -1.57. The minimum Gasteiger partial charge on any atom is -0.416 e. The molecule has 102 valence electrons. The summed E-state index contributed by atoms with van der Waals surface area (Å²) in [6.45, 7) is 18.7. The minimum absolute atomic E-state index is 0.205. The van der Waals surface area contributed by atoms with Crippen LogP contribution in [0.25, 0.3) is 0 Å². The van der Waals surface area contributed by atoms with E-state index >= 15 is 0 Å². The van der Waals surface area contributed by atoms with Crippen LogP contribution in [0.1, 0.15) is 48.0 Å². The van der Waals surface area contributed by atoms with Crippen molar-refractivity contribution in [3.63, 3.8) is 0 Å². The van der Waals surface area contributed by atoms with Gasteiger partial charge in [0.15, 0.2) is 8.32 Å². The van der Waals surface area contributed by atoms with Crippen molar-refractivity contribution in [1.82, 2.24) is 0 Å². The van der Waals surface area contributed by atoms with Gasteiger partial charge in [-0.2, -0.15) is 0 Å². The fourth-order valence-electron chi connectivity index (χ4n) is 0.831. The summed E-state index contributed by atoms with van der Waals surface area (Å²) >= 11 is 1.62. The van der Waals surface area contributed by atoms with Crippen LogP contribution in [0.15, 0.2) is 4.40 Å². The molecule has 0 aliphatic rings. The molecule has 4 heteroatoms. The third kappa shape index (κ3) is 8.00. The van der Waals surface area contributed by atoms with Crippen LogP contribution in [0.3, 0.4) is 0 Å². The summed E-state index contributed by atoms with van der Waals surface area (Å²) in [5.41, 5.74) is 0. The van der Waals surface area contributed by atoms with E-state index < -0.39 is 8.32 Å². The monoisotopic (exact) mass is 275 g/mol. The quantitative estimate of drug-likeness (QED) is 0.307. The molecule has 0 aromatic rings. The molecule has 0 unspecified atom stereocenters. The van der Waals surface area contributed by atoms with Crippen molar-refractivity contribution in [1.29, 1.82) is 0 Å². The molecule has 2 nitrogen and oxygen atoms in total. The van der Waals surface area contributed by atoms with Gasteiger partial charge in [-0.3, -0.25) is 0 Å². The third-order valence-electron chi connectivity index (χ3n) is 2.92. The molecule has 0 bridgehead atoms. The molecule has 0 saturated carbocycles. The first-order valence-electron chi connectivity index (χ1n) is 6.30. The van der Waals surface area contributed by atoms with Crippen LogP contribution < -0.4 is 0 Å². The Kier molecular flexibility index (Phi) is 6.46. The summed E-state index contributed by atoms with van der Waals surface area (Å²) in [6.07, 6.45) is 2.89. The van der Waals surface area contributed by atoms with E-state index in [1.807, 2.05) is 6.21 Å². The molecule has 0 aliphatic heterocycles. The fourth-order valence-corrected chi connectivity index (χ4v) is 2.39. The highest BCUT2D eigenvalue weighted by molar-refractivity contribution is 7.99. The highest BCUT2D eigenvalue weighted by Crippen LogP contribution is 2.36. The van der Waals surface area contributed by atoms with Crippen LogP contribution in [-0.2, 0) is 4.43 Å². The van der Waals surface area contributed by atoms with E-state index in [0.717, 1.165) is 13.0 Å². The van der Waals surface area contributed by atoms with Crippen LogP contribution >= 0.6 is 11.9 Å². The van der Waals surface area contributed by atoms with Gasteiger partial charge in [0.1, 0.15) is 0 Å². The molecular formula is C13H29NOSSi. The van der Waals surface area contributed by atoms with Gasteiger partial charge in [-0.1, -0.05) is 20.8 Å². The van der Waals surface area contributed by atoms with E-state index in [1.165, 1.54) is 0 Å². The Balaban J connectivity index is 3.87. The topological polar surface area (TPSA) is 21.6 Å². The van der Waals surface area contributed by atoms with Gasteiger partial charge in [0.05, 0.1) is 0 Å². The molecule has 0 aliphatic carbocycles. The van der Waals surface area contributed by atoms with Gasteiger partial charge < -0.3 is 4.43 Å². The lowest BCUT2D eigenvalue weighted by atomic mass is 10.2. The van der Waals surface area contributed by atoms with Gasteiger partial charge in [0, 0.05) is 24.0 Å². The average Bonchev–Trinajstić information content (AvgIpc) is 2.07. The lowest BCUT2D eigenvalue weighted by Crippen LogP contribution is -2.41. The van der Waals surface area contributed by atoms with Gasteiger partial charge in [-0.25, -0.2) is 4.40 Å². The molecule has 0 atom stereocenters. The van der Waals surface area contributed by atoms with Crippen molar-refractivity contribution < 1.29 is 4.43 Å². The van der Waals surface area contributed by atoms with Gasteiger partial charge >= 0.3 is 0 Å². The Hall–Kier alpha value is 0.197. The summed E-state index contributed by atoms with van der Waals surface area (Å²) in [5, 5.41) is 0.296. The van der Waals surface area contributed by atoms with Crippen molar-refractivity contribution in [3.05, 3.63) is 0 Å². The van der Waals surface area contributed by atoms with Crippen LogP contribution in [0.2, 0.25) is 18.1 Å². The fraction of sp³-hybridized carbons (Fsp3) is 0.923. The van der Waals surface area contributed by atoms with Crippen molar-refractivity contribution >= 4 is 26.5 Å². The Morgan fingerprint density at radius 2 is 1.65 bits per heavy atom. The van der Waals surface area contributed by atoms with Crippen LogP contribution in [0.4, 0.5) is 0 Å². The molecule has 0 N–H and O–H groups in total. The Morgan fingerprint density at radius 1 is 1.12 bits per heavy atom. The summed E-state index contributed by atoms with van der Waals surface area (Å²) in [6, 6.07) is 0. The maximum Gasteiger partial charge on any atom is 0.191 e. The van der Waals surface area contributed by atoms with Crippen molar-refractivity contribution in [2.75, 3.05) is 6.61 Å². The maximum atomic E-state index is 6.06. The van der Waals surface area contributed by atoms with Crippen LogP contribution in [0, 0.1) is 0 Å². The molecule has 0 aromatic carbocycles. The Labute approximate surface area is 113 Å². The third-order valence-corrected chi connectivity index (χ3v) is 8.26. The normalized spacial score (nSPS) is 14.6. The molecule has 0 amide bonds. The van der Waals surface area contributed by atoms with E-state index in [2.05, 4.69) is 59.0 Å². The lowest BCUT2D eigenvalue weighted by Gasteiger charge is -2.36. The highest BCUT2D eigenvalue weighted by Gasteiger charge is 2.36. The smallest absolute Gasteiger partial charge is 0.191 e. The van der Waals surface area contributed by atoms with E-state index in [4.69, 9.17) is 4.43 Å². The minimum atomic E-state index is -1.57. The summed E-state index contributed by atoms with van der Waals surface area (Å²) in [4.78, 5) is 0. The SMILES string of the molecule is CC(C)(C)S/N=C/CCO[Si](C)(C)C(C)(C)C. The molecule has 0 aromatic heterocycles. The Bertz CT molecular complexity index is 251. The Morgan fingerprint density at radius 3 is 2.06 bits per heavy atom. The second-order valence-corrected chi connectivity index (χ2v) is 13.3. The maximum absolute atomic E-state index is 6.06. The molecule has 0 fully saturated rings. The summed E-state index contributed by atoms with van der Waals surface area (Å²) in [5.74, 6) is 0. The van der Waals surface area contributed by atoms with E-state index in [0.29, 0.717) is 5.04 Å². The van der Waals surface area contributed by atoms with Crippen LogP contribution in [-0.4, -0.2) is 25.9 Å². The molecule has 0 saturated heterocycles. The lowest BCUT2D eigenvalue weighted by molar-refractivity contribution is 0.299. The zero-order valence-corrected chi connectivity index (χ0v) is 14.6. The van der Waals surface area contributed by atoms with Crippen molar-refractivity contribution in [3.8, 4) is 0 Å². The molecule has 0 heterocycles. The van der Waals surface area contributed by atoms with Crippen molar-refractivity contribution in [2.24, 2.45) is 4.40 Å². The van der Waals surface area contributed by atoms with E-state index in [-0.39, 0.29) is 4.75 Å². The molecule has 17 heavy (non-hydrogen) atoms. The number of rotatable bonds is 5. The molecule has 0 spiro atoms. The first kappa shape index (κ1) is 17.2. The largest absolute Gasteiger partial charge is 0.416 e. The zero-order chi connectivity index (χ0) is 13.7. The highest BCUT2D eigenvalue weighted by atomic mass is 32.2.